The Morgan fingerprint density at radius 2 is 2.00 bits per heavy atom. The van der Waals surface area contributed by atoms with Gasteiger partial charge in [0.1, 0.15) is 5.75 Å². The third-order valence-electron chi connectivity index (χ3n) is 5.00. The molecule has 1 aromatic carbocycles. The molecule has 1 fully saturated rings. The van der Waals surface area contributed by atoms with Crippen LogP contribution < -0.4 is 10.1 Å². The number of nitrogens with zero attached hydrogens (tertiary/aromatic N) is 5. The Labute approximate surface area is 180 Å². The van der Waals surface area contributed by atoms with E-state index in [1.807, 2.05) is 14.0 Å². The van der Waals surface area contributed by atoms with Gasteiger partial charge in [-0.3, -0.25) is 9.59 Å². The van der Waals surface area contributed by atoms with Crippen LogP contribution in [0.3, 0.4) is 0 Å². The lowest BCUT2D eigenvalue weighted by Crippen LogP contribution is -2.47. The predicted molar refractivity (Wildman–Crippen MR) is 113 cm³/mol. The molecular weight excluding hydrogens is 408 g/mol. The Morgan fingerprint density at radius 3 is 2.70 bits per heavy atom. The van der Waals surface area contributed by atoms with E-state index in [4.69, 9.17) is 16.3 Å². The van der Waals surface area contributed by atoms with Crippen LogP contribution in [0.5, 0.6) is 5.75 Å². The predicted octanol–water partition coefficient (Wildman–Crippen LogP) is 1.21. The van der Waals surface area contributed by atoms with Gasteiger partial charge < -0.3 is 19.9 Å². The Balaban J connectivity index is 1.44. The van der Waals surface area contributed by atoms with Crippen LogP contribution in [0.1, 0.15) is 23.0 Å². The summed E-state index contributed by atoms with van der Waals surface area (Å²) in [4.78, 5) is 28.8. The average Bonchev–Trinajstić information content (AvgIpc) is 3.19. The second-order valence-electron chi connectivity index (χ2n) is 7.42. The minimum atomic E-state index is -0.657. The molecule has 3 rings (SSSR count). The lowest BCUT2D eigenvalue weighted by Gasteiger charge is -2.31. The number of benzene rings is 1. The van der Waals surface area contributed by atoms with Crippen LogP contribution >= 0.6 is 11.6 Å². The van der Waals surface area contributed by atoms with Gasteiger partial charge in [0.2, 0.25) is 0 Å². The number of piperazine rings is 1. The van der Waals surface area contributed by atoms with Crippen LogP contribution in [0.25, 0.3) is 0 Å². The molecule has 1 N–H and O–H groups in total. The highest BCUT2D eigenvalue weighted by Crippen LogP contribution is 2.22. The first-order valence-corrected chi connectivity index (χ1v) is 10.3. The minimum absolute atomic E-state index is 0.112. The minimum Gasteiger partial charge on any atom is -0.481 e. The summed E-state index contributed by atoms with van der Waals surface area (Å²) in [7, 11) is 2.04. The molecule has 162 valence electrons. The summed E-state index contributed by atoms with van der Waals surface area (Å²) in [6.07, 6.45) is 0.957. The molecule has 2 heterocycles. The maximum Gasteiger partial charge on any atom is 0.276 e. The Hall–Kier alpha value is -2.65. The molecule has 2 aromatic rings. The van der Waals surface area contributed by atoms with E-state index in [1.165, 1.54) is 0 Å². The number of rotatable bonds is 7. The van der Waals surface area contributed by atoms with Crippen LogP contribution in [0.15, 0.2) is 24.4 Å². The van der Waals surface area contributed by atoms with Gasteiger partial charge in [-0.15, -0.1) is 5.10 Å². The van der Waals surface area contributed by atoms with Crippen LogP contribution in [-0.2, 0) is 11.3 Å². The fourth-order valence-corrected chi connectivity index (χ4v) is 3.33. The summed E-state index contributed by atoms with van der Waals surface area (Å²) in [5.41, 5.74) is 1.18. The van der Waals surface area contributed by atoms with Crippen molar-refractivity contribution in [2.45, 2.75) is 26.5 Å². The fraction of sp³-hybridized carbons (Fsp3) is 0.500. The van der Waals surface area contributed by atoms with Crippen LogP contribution in [0.4, 0.5) is 0 Å². The van der Waals surface area contributed by atoms with Gasteiger partial charge in [-0.05, 0) is 44.7 Å². The number of nitrogens with one attached hydrogen (secondary N) is 1. The van der Waals surface area contributed by atoms with Gasteiger partial charge in [-0.25, -0.2) is 4.68 Å². The topological polar surface area (TPSA) is 92.6 Å². The number of hydrogen-bond acceptors (Lipinski definition) is 6. The van der Waals surface area contributed by atoms with Gasteiger partial charge in [-0.1, -0.05) is 16.8 Å². The number of carbonyl (C=O) groups excluding carboxylic acids is 2. The SMILES string of the molecule is Cc1cc(Cl)ccc1O[C@H](C)C(=O)NCCn1cc(C(=O)N2CCN(C)CC2)nn1. The number of likely N-dealkylation sites (N-methyl/N-ethyl adjacent to an activating group) is 1. The molecule has 0 radical (unpaired) electrons. The largest absolute Gasteiger partial charge is 0.481 e. The van der Waals surface area contributed by atoms with Crippen LogP contribution in [-0.4, -0.2) is 82.5 Å². The second kappa shape index (κ2) is 9.90. The van der Waals surface area contributed by atoms with Crippen molar-refractivity contribution in [2.24, 2.45) is 0 Å². The highest BCUT2D eigenvalue weighted by molar-refractivity contribution is 6.30. The number of aromatic nitrogens is 3. The Morgan fingerprint density at radius 1 is 1.27 bits per heavy atom. The third kappa shape index (κ3) is 5.70. The first-order valence-electron chi connectivity index (χ1n) is 9.92. The highest BCUT2D eigenvalue weighted by Gasteiger charge is 2.22. The zero-order valence-corrected chi connectivity index (χ0v) is 18.2. The molecule has 0 spiro atoms. The molecule has 0 aliphatic carbocycles. The van der Waals surface area contributed by atoms with E-state index < -0.39 is 6.10 Å². The van der Waals surface area contributed by atoms with Gasteiger partial charge in [0, 0.05) is 37.7 Å². The molecule has 0 saturated carbocycles. The molecule has 30 heavy (non-hydrogen) atoms. The van der Waals surface area contributed by atoms with Crippen molar-refractivity contribution in [3.63, 3.8) is 0 Å². The van der Waals surface area contributed by atoms with Crippen molar-refractivity contribution in [2.75, 3.05) is 39.8 Å². The molecule has 0 bridgehead atoms. The molecule has 10 heteroatoms. The van der Waals surface area contributed by atoms with E-state index in [1.54, 1.807) is 40.9 Å². The lowest BCUT2D eigenvalue weighted by molar-refractivity contribution is -0.127. The monoisotopic (exact) mass is 434 g/mol. The molecule has 1 atom stereocenters. The molecule has 1 aliphatic heterocycles. The normalized spacial score (nSPS) is 15.7. The molecule has 0 unspecified atom stereocenters. The average molecular weight is 435 g/mol. The van der Waals surface area contributed by atoms with Gasteiger partial charge >= 0.3 is 0 Å². The van der Waals surface area contributed by atoms with Gasteiger partial charge in [0.15, 0.2) is 11.8 Å². The molecular formula is C20H27ClN6O3. The summed E-state index contributed by atoms with van der Waals surface area (Å²) in [5.74, 6) is 0.266. The van der Waals surface area contributed by atoms with E-state index in [0.717, 1.165) is 18.7 Å². The zero-order valence-electron chi connectivity index (χ0n) is 17.5. The van der Waals surface area contributed by atoms with Crippen molar-refractivity contribution in [1.82, 2.24) is 30.1 Å². The van der Waals surface area contributed by atoms with E-state index >= 15 is 0 Å². The number of hydrogen-bond donors (Lipinski definition) is 1. The maximum absolute atomic E-state index is 12.5. The molecule has 2 amide bonds. The highest BCUT2D eigenvalue weighted by atomic mass is 35.5. The van der Waals surface area contributed by atoms with E-state index in [2.05, 4.69) is 20.5 Å². The number of amides is 2. The van der Waals surface area contributed by atoms with Crippen molar-refractivity contribution >= 4 is 23.4 Å². The van der Waals surface area contributed by atoms with E-state index in [9.17, 15) is 9.59 Å². The van der Waals surface area contributed by atoms with Crippen LogP contribution in [0.2, 0.25) is 5.02 Å². The first kappa shape index (κ1) is 22.0. The second-order valence-corrected chi connectivity index (χ2v) is 7.86. The number of ether oxygens (including phenoxy) is 1. The lowest BCUT2D eigenvalue weighted by atomic mass is 10.2. The van der Waals surface area contributed by atoms with Crippen LogP contribution in [0, 0.1) is 6.92 Å². The third-order valence-corrected chi connectivity index (χ3v) is 5.23. The standard InChI is InChI=1S/C20H27ClN6O3/c1-14-12-16(21)4-5-18(14)30-15(2)19(28)22-6-7-27-13-17(23-24-27)20(29)26-10-8-25(3)9-11-26/h4-5,12-13,15H,6-11H2,1-3H3,(H,22,28)/t15-/m1/s1. The quantitative estimate of drug-likeness (QED) is 0.704. The van der Waals surface area contributed by atoms with Gasteiger partial charge in [0.05, 0.1) is 12.7 Å². The van der Waals surface area contributed by atoms with Crippen molar-refractivity contribution in [1.29, 1.82) is 0 Å². The van der Waals surface area contributed by atoms with Crippen molar-refractivity contribution < 1.29 is 14.3 Å². The summed E-state index contributed by atoms with van der Waals surface area (Å²) >= 11 is 5.94. The molecule has 1 saturated heterocycles. The molecule has 9 nitrogen and oxygen atoms in total. The van der Waals surface area contributed by atoms with E-state index in [0.29, 0.717) is 42.6 Å². The molecule has 1 aromatic heterocycles. The number of carbonyl (C=O) groups is 2. The van der Waals surface area contributed by atoms with E-state index in [-0.39, 0.29) is 11.8 Å². The van der Waals surface area contributed by atoms with Gasteiger partial charge in [-0.2, -0.15) is 0 Å². The summed E-state index contributed by atoms with van der Waals surface area (Å²) in [6.45, 7) is 7.37. The number of aryl methyl sites for hydroxylation is 1. The zero-order chi connectivity index (χ0) is 21.7. The summed E-state index contributed by atoms with van der Waals surface area (Å²) < 4.78 is 7.27. The fourth-order valence-electron chi connectivity index (χ4n) is 3.10. The Bertz CT molecular complexity index is 894. The van der Waals surface area contributed by atoms with Gasteiger partial charge in [0.25, 0.3) is 11.8 Å². The number of halogens is 1. The Kier molecular flexibility index (Phi) is 7.28. The van der Waals surface area contributed by atoms with Crippen molar-refractivity contribution in [3.8, 4) is 5.75 Å². The first-order chi connectivity index (χ1) is 14.3. The van der Waals surface area contributed by atoms with Crippen molar-refractivity contribution in [3.05, 3.63) is 40.7 Å². The molecule has 1 aliphatic rings. The smallest absolute Gasteiger partial charge is 0.276 e. The summed E-state index contributed by atoms with van der Waals surface area (Å²) in [5, 5.41) is 11.4. The maximum atomic E-state index is 12.5. The summed E-state index contributed by atoms with van der Waals surface area (Å²) in [6, 6.07) is 5.25.